The third-order valence-electron chi connectivity index (χ3n) is 14.9. The van der Waals surface area contributed by atoms with E-state index in [0.29, 0.717) is 0 Å². The van der Waals surface area contributed by atoms with Crippen LogP contribution in [0, 0.1) is 0 Å². The summed E-state index contributed by atoms with van der Waals surface area (Å²) in [4.78, 5) is 11.1. The number of carbonyl (C=O) groups is 1. The first-order chi connectivity index (χ1) is 32.2. The van der Waals surface area contributed by atoms with E-state index in [4.69, 9.17) is 5.11 Å². The van der Waals surface area contributed by atoms with Crippen LogP contribution in [0.3, 0.4) is 0 Å². The molecule has 348 valence electrons. The maximum absolute atomic E-state index is 11.1. The van der Waals surface area contributed by atoms with E-state index < -0.39 is 5.97 Å². The molecule has 3 heteroatoms. The van der Waals surface area contributed by atoms with E-state index in [1.54, 1.807) is 6.08 Å². The molecule has 1 aliphatic carbocycles. The van der Waals surface area contributed by atoms with Gasteiger partial charge in [0.1, 0.15) is 0 Å². The molecule has 0 spiro atoms. The fraction of sp³-hybridized carbons (Fsp3) is 0.391. The van der Waals surface area contributed by atoms with Crippen LogP contribution in [-0.2, 0) is 21.0 Å². The van der Waals surface area contributed by atoms with Crippen molar-refractivity contribution >= 4 is 33.9 Å². The van der Waals surface area contributed by atoms with E-state index in [-0.39, 0.29) is 16.2 Å². The maximum Gasteiger partial charge on any atom is 0.328 e. The van der Waals surface area contributed by atoms with Crippen molar-refractivity contribution in [2.75, 3.05) is 0 Å². The van der Waals surface area contributed by atoms with Crippen LogP contribution in [0.25, 0.3) is 66.9 Å². The van der Waals surface area contributed by atoms with Gasteiger partial charge in [-0.2, -0.15) is 0 Å². The molecule has 0 radical (unpaired) electrons. The standard InChI is InChI=1S/C64H75NO2/c1-9-11-13-15-17-19-39-64(40-20-18-16-14-12-10-2)57-41-49(48-28-26-47(27-29-48)46-24-21-45(22-25-46)23-38-61(66)67)30-34-53(57)54-35-33-52(44-58(54)64)65-59-36-31-50(62(3,4)5)42-55(59)56-43-51(63(6,7)8)32-37-60(56)65/h21-38,41-44H,9-20,39-40H2,1-8H3,(H,66,67)/b38-23+. The zero-order valence-electron chi connectivity index (χ0n) is 41.9. The van der Waals surface area contributed by atoms with Crippen molar-refractivity contribution in [3.05, 3.63) is 155 Å². The van der Waals surface area contributed by atoms with Crippen molar-refractivity contribution in [2.24, 2.45) is 0 Å². The number of hydrogen-bond donors (Lipinski definition) is 1. The number of nitrogens with zero attached hydrogens (tertiary/aromatic N) is 1. The van der Waals surface area contributed by atoms with Crippen molar-refractivity contribution in [2.45, 2.75) is 162 Å². The molecule has 3 nitrogen and oxygen atoms in total. The van der Waals surface area contributed by atoms with E-state index in [2.05, 4.69) is 169 Å². The molecular formula is C64H75NO2. The lowest BCUT2D eigenvalue weighted by molar-refractivity contribution is -0.131. The zero-order valence-corrected chi connectivity index (χ0v) is 41.9. The van der Waals surface area contributed by atoms with Gasteiger partial charge in [0.15, 0.2) is 0 Å². The molecule has 6 aromatic carbocycles. The predicted molar refractivity (Wildman–Crippen MR) is 288 cm³/mol. The molecule has 1 aromatic heterocycles. The summed E-state index contributed by atoms with van der Waals surface area (Å²) in [5.74, 6) is -0.939. The van der Waals surface area contributed by atoms with E-state index in [9.17, 15) is 4.79 Å². The quantitative estimate of drug-likeness (QED) is 0.0649. The van der Waals surface area contributed by atoms with Gasteiger partial charge >= 0.3 is 5.97 Å². The average Bonchev–Trinajstić information content (AvgIpc) is 3.78. The summed E-state index contributed by atoms with van der Waals surface area (Å²) in [6.07, 6.45) is 20.6. The molecular weight excluding hydrogens is 815 g/mol. The van der Waals surface area contributed by atoms with Crippen molar-refractivity contribution in [3.63, 3.8) is 0 Å². The van der Waals surface area contributed by atoms with Crippen molar-refractivity contribution in [1.82, 2.24) is 4.57 Å². The Morgan fingerprint density at radius 3 is 1.43 bits per heavy atom. The lowest BCUT2D eigenvalue weighted by atomic mass is 9.70. The van der Waals surface area contributed by atoms with Gasteiger partial charge in [0, 0.05) is 28.0 Å². The highest BCUT2D eigenvalue weighted by Gasteiger charge is 2.43. The molecule has 0 saturated heterocycles. The van der Waals surface area contributed by atoms with Crippen LogP contribution in [-0.4, -0.2) is 15.6 Å². The highest BCUT2D eigenvalue weighted by Crippen LogP contribution is 2.56. The summed E-state index contributed by atoms with van der Waals surface area (Å²) in [7, 11) is 0. The first kappa shape index (κ1) is 47.8. The minimum atomic E-state index is -0.939. The van der Waals surface area contributed by atoms with Crippen LogP contribution in [0.2, 0.25) is 0 Å². The normalized spacial score (nSPS) is 13.5. The number of unbranched alkanes of at least 4 members (excludes halogenated alkanes) is 10. The van der Waals surface area contributed by atoms with E-state index in [1.807, 2.05) is 12.1 Å². The number of hydrogen-bond acceptors (Lipinski definition) is 1. The molecule has 0 fully saturated rings. The third-order valence-corrected chi connectivity index (χ3v) is 14.9. The zero-order chi connectivity index (χ0) is 47.3. The van der Waals surface area contributed by atoms with Gasteiger partial charge < -0.3 is 9.67 Å². The van der Waals surface area contributed by atoms with Gasteiger partial charge in [0.2, 0.25) is 0 Å². The summed E-state index contributed by atoms with van der Waals surface area (Å²) in [6.45, 7) is 18.6. The Hall–Kier alpha value is -5.67. The number of fused-ring (bicyclic) bond motifs is 6. The number of carboxylic acid groups (broad SMARTS) is 1. The molecule has 1 N–H and O–H groups in total. The summed E-state index contributed by atoms with van der Waals surface area (Å²) in [5, 5.41) is 11.7. The minimum absolute atomic E-state index is 0.0488. The lowest BCUT2D eigenvalue weighted by Crippen LogP contribution is -2.26. The topological polar surface area (TPSA) is 42.2 Å². The molecule has 0 aliphatic heterocycles. The number of aromatic nitrogens is 1. The number of rotatable bonds is 19. The molecule has 1 aliphatic rings. The molecule has 0 unspecified atom stereocenters. The lowest BCUT2D eigenvalue weighted by Gasteiger charge is -2.33. The van der Waals surface area contributed by atoms with Crippen LogP contribution in [0.5, 0.6) is 0 Å². The summed E-state index contributed by atoms with van der Waals surface area (Å²) >= 11 is 0. The molecule has 0 atom stereocenters. The summed E-state index contributed by atoms with van der Waals surface area (Å²) in [6, 6.07) is 46.4. The van der Waals surface area contributed by atoms with Crippen LogP contribution >= 0.6 is 0 Å². The van der Waals surface area contributed by atoms with Gasteiger partial charge in [-0.25, -0.2) is 4.79 Å². The first-order valence-corrected chi connectivity index (χ1v) is 25.7. The van der Waals surface area contributed by atoms with Gasteiger partial charge in [-0.15, -0.1) is 0 Å². The molecule has 0 saturated carbocycles. The number of aliphatic carboxylic acids is 1. The Balaban J connectivity index is 1.25. The predicted octanol–water partition coefficient (Wildman–Crippen LogP) is 18.6. The fourth-order valence-corrected chi connectivity index (χ4v) is 10.9. The second kappa shape index (κ2) is 20.3. The molecule has 8 rings (SSSR count). The molecule has 1 heterocycles. The maximum atomic E-state index is 11.1. The highest BCUT2D eigenvalue weighted by molar-refractivity contribution is 6.10. The number of benzene rings is 6. The van der Waals surface area contributed by atoms with Crippen molar-refractivity contribution in [3.8, 4) is 39.1 Å². The second-order valence-electron chi connectivity index (χ2n) is 21.8. The van der Waals surface area contributed by atoms with Crippen molar-refractivity contribution < 1.29 is 9.90 Å². The van der Waals surface area contributed by atoms with E-state index in [1.165, 1.54) is 155 Å². The molecule has 0 amide bonds. The Morgan fingerprint density at radius 2 is 0.940 bits per heavy atom. The van der Waals surface area contributed by atoms with E-state index in [0.717, 1.165) is 29.5 Å². The van der Waals surface area contributed by atoms with Crippen LogP contribution < -0.4 is 0 Å². The summed E-state index contributed by atoms with van der Waals surface area (Å²) in [5.41, 5.74) is 18.0. The van der Waals surface area contributed by atoms with Gasteiger partial charge in [0.05, 0.1) is 11.0 Å². The fourth-order valence-electron chi connectivity index (χ4n) is 10.9. The van der Waals surface area contributed by atoms with Gasteiger partial charge in [-0.1, -0.05) is 211 Å². The van der Waals surface area contributed by atoms with Crippen LogP contribution in [0.1, 0.15) is 173 Å². The third kappa shape index (κ3) is 10.3. The Morgan fingerprint density at radius 1 is 0.507 bits per heavy atom. The minimum Gasteiger partial charge on any atom is -0.478 e. The molecule has 7 aromatic rings. The Bertz CT molecular complexity index is 2770. The van der Waals surface area contributed by atoms with Gasteiger partial charge in [-0.05, 0) is 133 Å². The van der Waals surface area contributed by atoms with Crippen molar-refractivity contribution in [1.29, 1.82) is 0 Å². The SMILES string of the molecule is CCCCCCCCC1(CCCCCCCC)c2cc(-c3ccc(-c4ccc(/C=C/C(=O)O)cc4)cc3)ccc2-c2ccc(-n3c4ccc(C(C)(C)C)cc4c4cc(C(C)(C)C)ccc43)cc21. The van der Waals surface area contributed by atoms with E-state index >= 15 is 0 Å². The Labute approximate surface area is 402 Å². The van der Waals surface area contributed by atoms with Gasteiger partial charge in [-0.3, -0.25) is 0 Å². The van der Waals surface area contributed by atoms with Crippen LogP contribution in [0.4, 0.5) is 0 Å². The number of carboxylic acids is 1. The second-order valence-corrected chi connectivity index (χ2v) is 21.8. The Kier molecular flexibility index (Phi) is 14.5. The average molecular weight is 890 g/mol. The monoisotopic (exact) mass is 890 g/mol. The highest BCUT2D eigenvalue weighted by atomic mass is 16.4. The summed E-state index contributed by atoms with van der Waals surface area (Å²) < 4.78 is 2.57. The van der Waals surface area contributed by atoms with Crippen LogP contribution in [0.15, 0.2) is 127 Å². The first-order valence-electron chi connectivity index (χ1n) is 25.7. The molecule has 0 bridgehead atoms. The smallest absolute Gasteiger partial charge is 0.328 e. The molecule has 67 heavy (non-hydrogen) atoms. The van der Waals surface area contributed by atoms with Gasteiger partial charge in [0.25, 0.3) is 0 Å². The largest absolute Gasteiger partial charge is 0.478 e.